The second-order valence-corrected chi connectivity index (χ2v) is 20.5. The highest BCUT2D eigenvalue weighted by Gasteiger charge is 2.27. The average molecular weight is 933 g/mol. The fourth-order valence-electron chi connectivity index (χ4n) is 7.34. The van der Waals surface area contributed by atoms with Crippen LogP contribution in [0.2, 0.25) is 0 Å². The summed E-state index contributed by atoms with van der Waals surface area (Å²) in [6.45, 7) is 6.66. The van der Waals surface area contributed by atoms with Gasteiger partial charge in [0.15, 0.2) is 0 Å². The summed E-state index contributed by atoms with van der Waals surface area (Å²) in [4.78, 5) is 39.7. The smallest absolute Gasteiger partial charge is 0.306 e. The molecule has 3 atom stereocenters. The lowest BCUT2D eigenvalue weighted by molar-refractivity contribution is -0.870. The zero-order chi connectivity index (χ0) is 48.0. The van der Waals surface area contributed by atoms with Crippen molar-refractivity contribution in [3.63, 3.8) is 0 Å². The van der Waals surface area contributed by atoms with Gasteiger partial charge in [-0.3, -0.25) is 14.2 Å². The minimum absolute atomic E-state index is 0.0303. The highest BCUT2D eigenvalue weighted by Crippen LogP contribution is 2.38. The first kappa shape index (κ1) is 62.7. The summed E-state index contributed by atoms with van der Waals surface area (Å²) in [5.41, 5.74) is 0. The molecule has 0 saturated heterocycles. The van der Waals surface area contributed by atoms with Crippen molar-refractivity contribution in [1.29, 1.82) is 0 Å². The first-order valence-corrected chi connectivity index (χ1v) is 28.1. The van der Waals surface area contributed by atoms with E-state index < -0.39 is 26.6 Å². The topological polar surface area (TPSA) is 114 Å². The van der Waals surface area contributed by atoms with Gasteiger partial charge in [-0.05, 0) is 76.7 Å². The fourth-order valence-corrected chi connectivity index (χ4v) is 8.06. The van der Waals surface area contributed by atoms with Crippen LogP contribution in [0.4, 0.5) is 0 Å². The Bertz CT molecular complexity index is 1300. The SMILES string of the molecule is CC/C=C/C=C/C=C\CCCCCCCC(=O)NC(COP(=O)([O-])OCC[N+](C)(C)C)C(/C=C/CCCCCCCCCCCC)OC(=O)CCCCC/C=C\CCCCCCCCC. The minimum Gasteiger partial charge on any atom is -0.756 e. The van der Waals surface area contributed by atoms with Gasteiger partial charge in [-0.25, -0.2) is 0 Å². The maximum atomic E-state index is 13.4. The van der Waals surface area contributed by atoms with Crippen molar-refractivity contribution in [2.75, 3.05) is 40.9 Å². The van der Waals surface area contributed by atoms with E-state index >= 15 is 0 Å². The van der Waals surface area contributed by atoms with Gasteiger partial charge in [0.2, 0.25) is 5.91 Å². The molecule has 378 valence electrons. The fraction of sp³-hybridized carbons (Fsp3) is 0.782. The third-order valence-electron chi connectivity index (χ3n) is 11.5. The van der Waals surface area contributed by atoms with Crippen LogP contribution in [0.3, 0.4) is 0 Å². The zero-order valence-corrected chi connectivity index (χ0v) is 43.8. The molecule has 0 rings (SSSR count). The lowest BCUT2D eigenvalue weighted by Crippen LogP contribution is -2.47. The summed E-state index contributed by atoms with van der Waals surface area (Å²) in [5.74, 6) is -0.586. The minimum atomic E-state index is -4.70. The Morgan fingerprint density at radius 3 is 1.52 bits per heavy atom. The Balaban J connectivity index is 5.48. The second-order valence-electron chi connectivity index (χ2n) is 19.1. The maximum Gasteiger partial charge on any atom is 0.306 e. The zero-order valence-electron chi connectivity index (χ0n) is 42.9. The van der Waals surface area contributed by atoms with Crippen LogP contribution in [0.15, 0.2) is 60.8 Å². The highest BCUT2D eigenvalue weighted by atomic mass is 31.2. The molecule has 0 aromatic rings. The third kappa shape index (κ3) is 46.6. The second kappa shape index (κ2) is 45.5. The van der Waals surface area contributed by atoms with Gasteiger partial charge in [0.25, 0.3) is 7.82 Å². The Labute approximate surface area is 401 Å². The number of hydrogen-bond donors (Lipinski definition) is 1. The van der Waals surface area contributed by atoms with Crippen molar-refractivity contribution in [1.82, 2.24) is 5.32 Å². The van der Waals surface area contributed by atoms with Gasteiger partial charge in [-0.1, -0.05) is 197 Å². The number of quaternary nitrogens is 1. The average Bonchev–Trinajstić information content (AvgIpc) is 3.26. The number of hydrogen-bond acceptors (Lipinski definition) is 7. The van der Waals surface area contributed by atoms with Crippen LogP contribution in [0.25, 0.3) is 0 Å². The molecule has 0 spiro atoms. The van der Waals surface area contributed by atoms with Crippen molar-refractivity contribution in [2.45, 2.75) is 238 Å². The molecule has 0 saturated carbocycles. The summed E-state index contributed by atoms with van der Waals surface area (Å²) in [5, 5.41) is 2.99. The molecule has 0 radical (unpaired) electrons. The molecule has 9 nitrogen and oxygen atoms in total. The quantitative estimate of drug-likeness (QED) is 0.0161. The number of carbonyl (C=O) groups excluding carboxylic acids is 2. The Hall–Kier alpha value is -2.29. The lowest BCUT2D eigenvalue weighted by Gasteiger charge is -2.30. The van der Waals surface area contributed by atoms with Gasteiger partial charge in [0.1, 0.15) is 19.3 Å². The van der Waals surface area contributed by atoms with Crippen molar-refractivity contribution < 1.29 is 37.3 Å². The van der Waals surface area contributed by atoms with Crippen LogP contribution in [0.1, 0.15) is 226 Å². The largest absolute Gasteiger partial charge is 0.756 e. The standard InChI is InChI=1S/C55H101N2O7P/c1-7-10-13-16-19-22-25-28-30-33-36-39-42-45-48-55(59)64-53(46-43-40-37-34-31-27-24-21-18-15-12-9-3)52(51-63-65(60,61)62-50-49-57(4,5)6)56-54(58)47-44-41-38-35-32-29-26-23-20-17-14-11-8-2/h11,14,17,20,23,26,30,33,43,46,52-53H,7-10,12-13,15-16,18-19,21-22,24-25,27-29,31-32,34-42,44-45,47-51H2,1-6H3,(H-,56,58,60,61)/b14-11+,20-17+,26-23-,33-30-,46-43+. The normalized spacial score (nSPS) is 14.4. The van der Waals surface area contributed by atoms with E-state index in [1.807, 2.05) is 39.4 Å². The van der Waals surface area contributed by atoms with Crippen molar-refractivity contribution >= 4 is 19.7 Å². The number of unbranched alkanes of at least 4 members (excludes halogenated alkanes) is 25. The molecule has 10 heteroatoms. The summed E-state index contributed by atoms with van der Waals surface area (Å²) in [6, 6.07) is -0.903. The van der Waals surface area contributed by atoms with Gasteiger partial charge in [-0.2, -0.15) is 0 Å². The van der Waals surface area contributed by atoms with Crippen molar-refractivity contribution in [3.8, 4) is 0 Å². The number of likely N-dealkylation sites (N-methyl/N-ethyl adjacent to an activating group) is 1. The number of esters is 1. The molecule has 1 N–H and O–H groups in total. The number of phosphoric acid groups is 1. The summed E-state index contributed by atoms with van der Waals surface area (Å²) in [7, 11) is 1.16. The summed E-state index contributed by atoms with van der Waals surface area (Å²) < 4.78 is 30.1. The van der Waals surface area contributed by atoms with Crippen molar-refractivity contribution in [3.05, 3.63) is 60.8 Å². The van der Waals surface area contributed by atoms with Gasteiger partial charge >= 0.3 is 5.97 Å². The van der Waals surface area contributed by atoms with Crippen LogP contribution < -0.4 is 10.2 Å². The number of nitrogens with one attached hydrogen (secondary N) is 1. The molecule has 0 aromatic carbocycles. The van der Waals surface area contributed by atoms with Crippen LogP contribution in [-0.2, 0) is 27.9 Å². The molecule has 0 bridgehead atoms. The van der Waals surface area contributed by atoms with Gasteiger partial charge in [0.05, 0.1) is 33.8 Å². The monoisotopic (exact) mass is 933 g/mol. The van der Waals surface area contributed by atoms with E-state index in [-0.39, 0.29) is 31.3 Å². The lowest BCUT2D eigenvalue weighted by atomic mass is 10.0. The Morgan fingerprint density at radius 2 is 1.00 bits per heavy atom. The molecule has 0 aliphatic carbocycles. The van der Waals surface area contributed by atoms with Crippen LogP contribution in [0.5, 0.6) is 0 Å². The number of ether oxygens (including phenoxy) is 1. The number of nitrogens with zero attached hydrogens (tertiary/aromatic N) is 1. The molecule has 0 aliphatic rings. The van der Waals surface area contributed by atoms with Crippen LogP contribution in [0, 0.1) is 0 Å². The van der Waals surface area contributed by atoms with E-state index in [2.05, 4.69) is 68.6 Å². The maximum absolute atomic E-state index is 13.4. The number of rotatable bonds is 47. The van der Waals surface area contributed by atoms with Gasteiger partial charge < -0.3 is 28.5 Å². The molecule has 65 heavy (non-hydrogen) atoms. The Kier molecular flexibility index (Phi) is 43.9. The Morgan fingerprint density at radius 1 is 0.554 bits per heavy atom. The number of phosphoric ester groups is 1. The predicted molar refractivity (Wildman–Crippen MR) is 275 cm³/mol. The molecule has 0 fully saturated rings. The van der Waals surface area contributed by atoms with E-state index in [9.17, 15) is 19.0 Å². The third-order valence-corrected chi connectivity index (χ3v) is 12.5. The number of allylic oxidation sites excluding steroid dienone is 9. The van der Waals surface area contributed by atoms with Gasteiger partial charge in [-0.15, -0.1) is 0 Å². The first-order valence-electron chi connectivity index (χ1n) is 26.6. The molecule has 3 unspecified atom stereocenters. The van der Waals surface area contributed by atoms with E-state index in [4.69, 9.17) is 13.8 Å². The summed E-state index contributed by atoms with van der Waals surface area (Å²) >= 11 is 0. The summed E-state index contributed by atoms with van der Waals surface area (Å²) in [6.07, 6.45) is 54.7. The molecule has 1 amide bonds. The van der Waals surface area contributed by atoms with E-state index in [0.29, 0.717) is 23.9 Å². The molecule has 0 aromatic heterocycles. The van der Waals surface area contributed by atoms with E-state index in [0.717, 1.165) is 83.5 Å². The predicted octanol–water partition coefficient (Wildman–Crippen LogP) is 14.9. The molecular weight excluding hydrogens is 832 g/mol. The van der Waals surface area contributed by atoms with E-state index in [1.54, 1.807) is 0 Å². The first-order chi connectivity index (χ1) is 31.4. The molecular formula is C55H101N2O7P. The van der Waals surface area contributed by atoms with Gasteiger partial charge in [0, 0.05) is 12.8 Å². The highest BCUT2D eigenvalue weighted by molar-refractivity contribution is 7.45. The number of amides is 1. The number of carbonyl (C=O) groups is 2. The van der Waals surface area contributed by atoms with E-state index in [1.165, 1.54) is 96.3 Å². The van der Waals surface area contributed by atoms with Crippen LogP contribution in [-0.4, -0.2) is 69.4 Å². The van der Waals surface area contributed by atoms with Crippen LogP contribution >= 0.6 is 7.82 Å². The molecule has 0 heterocycles. The molecule has 0 aliphatic heterocycles. The van der Waals surface area contributed by atoms with Crippen molar-refractivity contribution in [2.24, 2.45) is 0 Å².